The van der Waals surface area contributed by atoms with Crippen molar-refractivity contribution in [2.75, 3.05) is 19.7 Å². The molecule has 2 aliphatic rings. The summed E-state index contributed by atoms with van der Waals surface area (Å²) in [4.78, 5) is 2.61. The first-order valence-corrected chi connectivity index (χ1v) is 9.22. The second-order valence-electron chi connectivity index (χ2n) is 8.31. The van der Waals surface area contributed by atoms with Crippen molar-refractivity contribution in [1.82, 2.24) is 4.90 Å². The fourth-order valence-corrected chi connectivity index (χ4v) is 3.98. The van der Waals surface area contributed by atoms with Gasteiger partial charge < -0.3 is 9.84 Å². The highest BCUT2D eigenvalue weighted by molar-refractivity contribution is 5.67. The van der Waals surface area contributed by atoms with E-state index in [-0.39, 0.29) is 5.41 Å². The first-order chi connectivity index (χ1) is 11.4. The molecule has 0 unspecified atom stereocenters. The molecule has 1 saturated carbocycles. The Kier molecular flexibility index (Phi) is 5.03. The molecule has 3 heteroatoms. The zero-order chi connectivity index (χ0) is 17.3. The minimum atomic E-state index is 0.235. The molecule has 1 heterocycles. The lowest BCUT2D eigenvalue weighted by atomic mass is 9.63. The minimum absolute atomic E-state index is 0.235. The van der Waals surface area contributed by atoms with E-state index in [1.807, 2.05) is 12.1 Å². The van der Waals surface area contributed by atoms with Gasteiger partial charge in [0.15, 0.2) is 0 Å². The lowest BCUT2D eigenvalue weighted by Crippen LogP contribution is -2.62. The van der Waals surface area contributed by atoms with Crippen molar-refractivity contribution < 1.29 is 9.84 Å². The van der Waals surface area contributed by atoms with Crippen molar-refractivity contribution in [3.05, 3.63) is 35.9 Å². The van der Waals surface area contributed by atoms with Crippen molar-refractivity contribution >= 4 is 5.57 Å². The van der Waals surface area contributed by atoms with Gasteiger partial charge in [0.1, 0.15) is 5.75 Å². The highest BCUT2D eigenvalue weighted by Crippen LogP contribution is 2.46. The van der Waals surface area contributed by atoms with Gasteiger partial charge >= 0.3 is 0 Å². The lowest BCUT2D eigenvalue weighted by Gasteiger charge is -2.56. The molecular formula is C21H31NO2. The van der Waals surface area contributed by atoms with Crippen LogP contribution in [0, 0.1) is 11.3 Å². The van der Waals surface area contributed by atoms with Crippen molar-refractivity contribution in [2.24, 2.45) is 11.3 Å². The van der Waals surface area contributed by atoms with Crippen LogP contribution in [0.4, 0.5) is 0 Å². The molecule has 1 aliphatic heterocycles. The molecule has 1 aromatic rings. The minimum Gasteiger partial charge on any atom is -0.508 e. The van der Waals surface area contributed by atoms with E-state index in [1.165, 1.54) is 11.1 Å². The number of hydrogen-bond acceptors (Lipinski definition) is 3. The second kappa shape index (κ2) is 6.89. The van der Waals surface area contributed by atoms with Crippen LogP contribution in [0.15, 0.2) is 30.3 Å². The zero-order valence-electron chi connectivity index (χ0n) is 15.5. The maximum absolute atomic E-state index is 9.43. The summed E-state index contributed by atoms with van der Waals surface area (Å²) in [6.07, 6.45) is 4.98. The third kappa shape index (κ3) is 3.52. The van der Waals surface area contributed by atoms with Crippen LogP contribution in [0.25, 0.3) is 5.57 Å². The third-order valence-corrected chi connectivity index (χ3v) is 5.68. The number of rotatable bonds is 5. The van der Waals surface area contributed by atoms with E-state index >= 15 is 0 Å². The maximum Gasteiger partial charge on any atom is 0.115 e. The number of phenols is 1. The monoisotopic (exact) mass is 329 g/mol. The molecule has 1 aliphatic carbocycles. The number of ether oxygens (including phenoxy) is 1. The van der Waals surface area contributed by atoms with Crippen LogP contribution in [0.2, 0.25) is 0 Å². The van der Waals surface area contributed by atoms with Gasteiger partial charge in [0, 0.05) is 31.2 Å². The molecule has 3 nitrogen and oxygen atoms in total. The predicted molar refractivity (Wildman–Crippen MR) is 99.0 cm³/mol. The Hall–Kier alpha value is -1.32. The quantitative estimate of drug-likeness (QED) is 0.873. The van der Waals surface area contributed by atoms with E-state index in [4.69, 9.17) is 4.74 Å². The van der Waals surface area contributed by atoms with Crippen LogP contribution in [0.1, 0.15) is 46.1 Å². The molecule has 24 heavy (non-hydrogen) atoms. The Labute approximate surface area is 146 Å². The molecule has 1 aromatic carbocycles. The first-order valence-electron chi connectivity index (χ1n) is 9.22. The van der Waals surface area contributed by atoms with Gasteiger partial charge in [-0.15, -0.1) is 0 Å². The largest absolute Gasteiger partial charge is 0.508 e. The molecule has 0 radical (unpaired) electrons. The number of hydrogen-bond donors (Lipinski definition) is 1. The topological polar surface area (TPSA) is 32.7 Å². The van der Waals surface area contributed by atoms with Crippen LogP contribution in [0.3, 0.4) is 0 Å². The highest BCUT2D eigenvalue weighted by Gasteiger charge is 2.51. The van der Waals surface area contributed by atoms with Crippen molar-refractivity contribution in [3.8, 4) is 5.75 Å². The molecule has 132 valence electrons. The van der Waals surface area contributed by atoms with Crippen molar-refractivity contribution in [2.45, 2.75) is 52.7 Å². The Balaban J connectivity index is 1.58. The van der Waals surface area contributed by atoms with Crippen LogP contribution in [0.5, 0.6) is 5.75 Å². The summed E-state index contributed by atoms with van der Waals surface area (Å²) in [6, 6.07) is 8.19. The van der Waals surface area contributed by atoms with Crippen LogP contribution in [-0.4, -0.2) is 41.8 Å². The lowest BCUT2D eigenvalue weighted by molar-refractivity contribution is -0.155. The summed E-state index contributed by atoms with van der Waals surface area (Å²) in [5, 5.41) is 9.43. The number of nitrogens with zero attached hydrogens (tertiary/aromatic N) is 1. The van der Waals surface area contributed by atoms with Gasteiger partial charge in [0.2, 0.25) is 0 Å². The van der Waals surface area contributed by atoms with Gasteiger partial charge in [-0.25, -0.2) is 0 Å². The van der Waals surface area contributed by atoms with Crippen LogP contribution in [-0.2, 0) is 4.74 Å². The van der Waals surface area contributed by atoms with E-state index in [1.54, 1.807) is 12.1 Å². The van der Waals surface area contributed by atoms with Gasteiger partial charge in [-0.05, 0) is 42.0 Å². The summed E-state index contributed by atoms with van der Waals surface area (Å²) in [6.45, 7) is 12.1. The standard InChI is InChI=1S/C21H31NO2/c1-15(2)14-24-20-13-19(21(20,3)4)22-11-9-17(10-12-22)16-5-7-18(23)8-6-16/h5-9,15,19-20,23H,10-14H2,1-4H3/t19-,20+/m0/s1. The molecule has 0 aromatic heterocycles. The van der Waals surface area contributed by atoms with E-state index in [9.17, 15) is 5.11 Å². The van der Waals surface area contributed by atoms with Crippen molar-refractivity contribution in [3.63, 3.8) is 0 Å². The smallest absolute Gasteiger partial charge is 0.115 e. The highest BCUT2D eigenvalue weighted by atomic mass is 16.5. The number of aromatic hydroxyl groups is 1. The fourth-order valence-electron chi connectivity index (χ4n) is 3.98. The third-order valence-electron chi connectivity index (χ3n) is 5.68. The summed E-state index contributed by atoms with van der Waals surface area (Å²) < 4.78 is 6.11. The van der Waals surface area contributed by atoms with E-state index in [2.05, 4.69) is 38.7 Å². The first kappa shape index (κ1) is 17.5. The van der Waals surface area contributed by atoms with Crippen LogP contribution < -0.4 is 0 Å². The average molecular weight is 329 g/mol. The molecule has 0 amide bonds. The molecule has 1 N–H and O–H groups in total. The molecule has 0 saturated heterocycles. The summed E-state index contributed by atoms with van der Waals surface area (Å²) >= 11 is 0. The van der Waals surface area contributed by atoms with E-state index in [0.29, 0.717) is 23.8 Å². The fraction of sp³-hybridized carbons (Fsp3) is 0.619. The maximum atomic E-state index is 9.43. The van der Waals surface area contributed by atoms with Gasteiger partial charge in [-0.2, -0.15) is 0 Å². The van der Waals surface area contributed by atoms with Gasteiger partial charge in [0.25, 0.3) is 0 Å². The summed E-state index contributed by atoms with van der Waals surface area (Å²) in [5.74, 6) is 0.936. The predicted octanol–water partition coefficient (Wildman–Crippen LogP) is 4.32. The molecule has 0 spiro atoms. The molecule has 3 rings (SSSR count). The SMILES string of the molecule is CC(C)CO[C@@H]1C[C@H](N2CC=C(c3ccc(O)cc3)CC2)C1(C)C. The number of benzene rings is 1. The average Bonchev–Trinajstić information content (AvgIpc) is 2.55. The number of phenolic OH excluding ortho intramolecular Hbond substituents is 1. The summed E-state index contributed by atoms with van der Waals surface area (Å²) in [7, 11) is 0. The van der Waals surface area contributed by atoms with E-state index < -0.39 is 0 Å². The molecule has 2 atom stereocenters. The normalized spacial score (nSPS) is 27.0. The Morgan fingerprint density at radius 3 is 2.50 bits per heavy atom. The Morgan fingerprint density at radius 1 is 1.25 bits per heavy atom. The molecule has 1 fully saturated rings. The molecule has 0 bridgehead atoms. The second-order valence-corrected chi connectivity index (χ2v) is 8.31. The Morgan fingerprint density at radius 2 is 1.96 bits per heavy atom. The van der Waals surface area contributed by atoms with Gasteiger partial charge in [0.05, 0.1) is 6.10 Å². The summed E-state index contributed by atoms with van der Waals surface area (Å²) in [5.41, 5.74) is 2.87. The van der Waals surface area contributed by atoms with E-state index in [0.717, 1.165) is 32.5 Å². The van der Waals surface area contributed by atoms with Gasteiger partial charge in [-0.3, -0.25) is 4.90 Å². The molecular weight excluding hydrogens is 298 g/mol. The zero-order valence-corrected chi connectivity index (χ0v) is 15.5. The van der Waals surface area contributed by atoms with Crippen LogP contribution >= 0.6 is 0 Å². The van der Waals surface area contributed by atoms with Gasteiger partial charge in [-0.1, -0.05) is 45.9 Å². The Bertz CT molecular complexity index is 588. The van der Waals surface area contributed by atoms with Crippen molar-refractivity contribution in [1.29, 1.82) is 0 Å².